The van der Waals surface area contributed by atoms with Gasteiger partial charge in [-0.25, -0.2) is 4.79 Å². The van der Waals surface area contributed by atoms with Gasteiger partial charge in [-0.2, -0.15) is 0 Å². The van der Waals surface area contributed by atoms with Gasteiger partial charge >= 0.3 is 6.03 Å². The Morgan fingerprint density at radius 1 is 0.976 bits per heavy atom. The van der Waals surface area contributed by atoms with E-state index in [1.54, 1.807) is 7.11 Å². The number of nitrogens with one attached hydrogen (secondary N) is 1. The van der Waals surface area contributed by atoms with Gasteiger partial charge in [0.15, 0.2) is 0 Å². The SMILES string of the molecule is COc1ccc(NC(=O)N2CC(CO)CCN3C(C2)C(c2ccc(C#Cc4ccccc4)cc2)[C@H]3CN(C)C)cc1. The molecule has 2 amide bonds. The van der Waals surface area contributed by atoms with E-state index in [-0.39, 0.29) is 30.5 Å². The van der Waals surface area contributed by atoms with Crippen LogP contribution in [0.5, 0.6) is 5.75 Å². The number of ether oxygens (including phenoxy) is 1. The molecule has 3 aromatic rings. The van der Waals surface area contributed by atoms with Crippen LogP contribution >= 0.6 is 0 Å². The number of carbonyl (C=O) groups excluding carboxylic acids is 1. The van der Waals surface area contributed by atoms with Crippen molar-refractivity contribution in [2.24, 2.45) is 5.92 Å². The molecule has 0 saturated carbocycles. The van der Waals surface area contributed by atoms with Crippen molar-refractivity contribution < 1.29 is 14.6 Å². The summed E-state index contributed by atoms with van der Waals surface area (Å²) in [4.78, 5) is 20.2. The Morgan fingerprint density at radius 3 is 2.29 bits per heavy atom. The lowest BCUT2D eigenvalue weighted by molar-refractivity contribution is -0.0538. The maximum atomic E-state index is 13.5. The number of urea groups is 1. The topological polar surface area (TPSA) is 68.3 Å². The van der Waals surface area contributed by atoms with E-state index in [4.69, 9.17) is 4.74 Å². The number of benzene rings is 3. The first-order valence-electron chi connectivity index (χ1n) is 14.3. The number of anilines is 1. The smallest absolute Gasteiger partial charge is 0.321 e. The van der Waals surface area contributed by atoms with E-state index in [9.17, 15) is 9.90 Å². The number of fused-ring (bicyclic) bond motifs is 1. The first kappa shape index (κ1) is 28.7. The van der Waals surface area contributed by atoms with Crippen LogP contribution in [-0.4, -0.2) is 91.9 Å². The predicted octanol–water partition coefficient (Wildman–Crippen LogP) is 4.34. The molecule has 2 aliphatic rings. The number of nitrogens with zero attached hydrogens (tertiary/aromatic N) is 3. The van der Waals surface area contributed by atoms with E-state index in [1.165, 1.54) is 5.56 Å². The Bertz CT molecular complexity index is 1350. The van der Waals surface area contributed by atoms with Crippen LogP contribution in [0.25, 0.3) is 0 Å². The third-order valence-corrected chi connectivity index (χ3v) is 8.22. The second kappa shape index (κ2) is 13.2. The molecule has 0 spiro atoms. The number of hydrogen-bond donors (Lipinski definition) is 2. The number of amides is 2. The van der Waals surface area contributed by atoms with Crippen LogP contribution in [0, 0.1) is 17.8 Å². The standard InChI is InChI=1S/C34H40N4O3/c1-36(2)22-31-33(28-13-11-26(12-14-28)10-9-25-7-5-4-6-8-25)32-23-37(21-27(24-39)19-20-38(31)32)34(40)35-29-15-17-30(41-3)18-16-29/h4-8,11-18,27,31-33,39H,19-24H2,1-3H3,(H,35,40)/t27?,31-,32?,33?/m1/s1. The number of rotatable bonds is 6. The third kappa shape index (κ3) is 6.91. The van der Waals surface area contributed by atoms with Crippen molar-refractivity contribution in [1.82, 2.24) is 14.7 Å². The molecule has 0 bridgehead atoms. The Balaban J connectivity index is 1.37. The first-order chi connectivity index (χ1) is 19.9. The van der Waals surface area contributed by atoms with E-state index in [0.29, 0.717) is 19.1 Å². The van der Waals surface area contributed by atoms with Crippen LogP contribution in [0.1, 0.15) is 29.0 Å². The summed E-state index contributed by atoms with van der Waals surface area (Å²) in [6.45, 7) is 3.04. The van der Waals surface area contributed by atoms with Gasteiger partial charge in [0.05, 0.1) is 7.11 Å². The van der Waals surface area contributed by atoms with Crippen molar-refractivity contribution in [3.63, 3.8) is 0 Å². The second-order valence-electron chi connectivity index (χ2n) is 11.3. The Kier molecular flexibility index (Phi) is 9.25. The van der Waals surface area contributed by atoms with Gasteiger partial charge in [-0.3, -0.25) is 4.90 Å². The van der Waals surface area contributed by atoms with Gasteiger partial charge in [-0.1, -0.05) is 42.2 Å². The van der Waals surface area contributed by atoms with Gasteiger partial charge in [-0.05, 0) is 81.2 Å². The maximum absolute atomic E-state index is 13.5. The van der Waals surface area contributed by atoms with Crippen LogP contribution in [0.4, 0.5) is 10.5 Å². The number of likely N-dealkylation sites (N-methyl/N-ethyl adjacent to an activating group) is 1. The largest absolute Gasteiger partial charge is 0.497 e. The quantitative estimate of drug-likeness (QED) is 0.446. The Hall–Kier alpha value is -3.83. The van der Waals surface area contributed by atoms with E-state index in [2.05, 4.69) is 65.3 Å². The fourth-order valence-corrected chi connectivity index (χ4v) is 6.08. The van der Waals surface area contributed by atoms with Gasteiger partial charge in [0, 0.05) is 67.0 Å². The molecular weight excluding hydrogens is 512 g/mol. The normalized spacial score (nSPS) is 22.4. The summed E-state index contributed by atoms with van der Waals surface area (Å²) < 4.78 is 5.25. The molecule has 2 saturated heterocycles. The summed E-state index contributed by atoms with van der Waals surface area (Å²) >= 11 is 0. The average Bonchev–Trinajstić information content (AvgIpc) is 2.98. The molecule has 3 aromatic carbocycles. The van der Waals surface area contributed by atoms with Gasteiger partial charge in [-0.15, -0.1) is 0 Å². The molecule has 7 nitrogen and oxygen atoms in total. The molecule has 2 fully saturated rings. The first-order valence-corrected chi connectivity index (χ1v) is 14.3. The van der Waals surface area contributed by atoms with Gasteiger partial charge in [0.1, 0.15) is 5.75 Å². The van der Waals surface area contributed by atoms with Crippen LogP contribution in [0.3, 0.4) is 0 Å². The van der Waals surface area contributed by atoms with Crippen molar-refractivity contribution in [2.45, 2.75) is 24.4 Å². The monoisotopic (exact) mass is 552 g/mol. The highest BCUT2D eigenvalue weighted by Gasteiger charge is 2.50. The summed E-state index contributed by atoms with van der Waals surface area (Å²) in [5.41, 5.74) is 3.99. The number of aliphatic hydroxyl groups is 1. The van der Waals surface area contributed by atoms with E-state index in [1.807, 2.05) is 59.5 Å². The summed E-state index contributed by atoms with van der Waals surface area (Å²) in [5.74, 6) is 7.60. The minimum absolute atomic E-state index is 0.0408. The average molecular weight is 553 g/mol. The minimum atomic E-state index is -0.142. The molecule has 2 heterocycles. The fraction of sp³-hybridized carbons (Fsp3) is 0.382. The number of hydrogen-bond acceptors (Lipinski definition) is 5. The highest BCUT2D eigenvalue weighted by Crippen LogP contribution is 2.43. The van der Waals surface area contributed by atoms with Crippen molar-refractivity contribution in [3.8, 4) is 17.6 Å². The van der Waals surface area contributed by atoms with Gasteiger partial charge in [0.25, 0.3) is 0 Å². The van der Waals surface area contributed by atoms with Crippen molar-refractivity contribution >= 4 is 11.7 Å². The zero-order valence-corrected chi connectivity index (χ0v) is 24.2. The minimum Gasteiger partial charge on any atom is -0.497 e. The zero-order valence-electron chi connectivity index (χ0n) is 24.2. The zero-order chi connectivity index (χ0) is 28.8. The lowest BCUT2D eigenvalue weighted by atomic mass is 9.73. The second-order valence-corrected chi connectivity index (χ2v) is 11.3. The molecule has 2 N–H and O–H groups in total. The van der Waals surface area contributed by atoms with Crippen molar-refractivity contribution in [2.75, 3.05) is 59.3 Å². The third-order valence-electron chi connectivity index (χ3n) is 8.22. The highest BCUT2D eigenvalue weighted by molar-refractivity contribution is 5.89. The number of carbonyl (C=O) groups is 1. The van der Waals surface area contributed by atoms with E-state index < -0.39 is 0 Å². The van der Waals surface area contributed by atoms with E-state index >= 15 is 0 Å². The molecule has 0 aliphatic carbocycles. The lowest BCUT2D eigenvalue weighted by Gasteiger charge is -2.58. The summed E-state index contributed by atoms with van der Waals surface area (Å²) in [6, 6.07) is 26.4. The molecule has 41 heavy (non-hydrogen) atoms. The molecular formula is C34H40N4O3. The maximum Gasteiger partial charge on any atom is 0.321 e. The van der Waals surface area contributed by atoms with Crippen LogP contribution in [-0.2, 0) is 0 Å². The Morgan fingerprint density at radius 2 is 1.66 bits per heavy atom. The molecule has 2 aliphatic heterocycles. The number of aliphatic hydroxyl groups excluding tert-OH is 1. The molecule has 3 unspecified atom stereocenters. The highest BCUT2D eigenvalue weighted by atomic mass is 16.5. The summed E-state index contributed by atoms with van der Waals surface area (Å²) in [6.07, 6.45) is 0.851. The van der Waals surface area contributed by atoms with E-state index in [0.717, 1.165) is 42.1 Å². The molecule has 7 heteroatoms. The predicted molar refractivity (Wildman–Crippen MR) is 163 cm³/mol. The van der Waals surface area contributed by atoms with Crippen LogP contribution < -0.4 is 10.1 Å². The molecule has 0 aromatic heterocycles. The van der Waals surface area contributed by atoms with Gasteiger partial charge < -0.3 is 25.0 Å². The molecule has 0 radical (unpaired) electrons. The summed E-state index contributed by atoms with van der Waals surface area (Å²) in [5, 5.41) is 13.2. The number of methoxy groups -OCH3 is 1. The van der Waals surface area contributed by atoms with Crippen molar-refractivity contribution in [3.05, 3.63) is 95.6 Å². The lowest BCUT2D eigenvalue weighted by Crippen LogP contribution is -2.69. The van der Waals surface area contributed by atoms with Crippen LogP contribution in [0.15, 0.2) is 78.9 Å². The van der Waals surface area contributed by atoms with Gasteiger partial charge in [0.2, 0.25) is 0 Å². The van der Waals surface area contributed by atoms with Crippen molar-refractivity contribution in [1.29, 1.82) is 0 Å². The fourth-order valence-electron chi connectivity index (χ4n) is 6.08. The molecule has 214 valence electrons. The molecule has 5 rings (SSSR count). The Labute approximate surface area is 243 Å². The summed E-state index contributed by atoms with van der Waals surface area (Å²) in [7, 11) is 5.85. The van der Waals surface area contributed by atoms with Crippen LogP contribution in [0.2, 0.25) is 0 Å². The molecule has 4 atom stereocenters.